The maximum atomic E-state index is 14.2. The predicted molar refractivity (Wildman–Crippen MR) is 110 cm³/mol. The first-order valence-electron chi connectivity index (χ1n) is 10.3. The van der Waals surface area contributed by atoms with Gasteiger partial charge in [0.1, 0.15) is 5.54 Å². The molecule has 1 aromatic rings. The second-order valence-electron chi connectivity index (χ2n) is 8.51. The molecule has 1 saturated carbocycles. The smallest absolute Gasteiger partial charge is 0.247 e. The molecule has 1 heterocycles. The Labute approximate surface area is 163 Å². The number of para-hydroxylation sites is 1. The molecule has 0 radical (unpaired) electrons. The average Bonchev–Trinajstić information content (AvgIpc) is 2.65. The van der Waals surface area contributed by atoms with Crippen molar-refractivity contribution in [3.05, 3.63) is 29.3 Å². The SMILES string of the molecule is Cc1cccc(C)c1N(C(=O)C1(N(C)C)CCNCC1)C1CCCCC1O. The zero-order chi connectivity index (χ0) is 19.6. The second-order valence-corrected chi connectivity index (χ2v) is 8.51. The van der Waals surface area contributed by atoms with Gasteiger partial charge in [0.15, 0.2) is 0 Å². The van der Waals surface area contributed by atoms with Crippen LogP contribution in [0.1, 0.15) is 49.7 Å². The van der Waals surface area contributed by atoms with Crippen molar-refractivity contribution < 1.29 is 9.90 Å². The number of nitrogens with one attached hydrogen (secondary N) is 1. The molecular weight excluding hydrogens is 338 g/mol. The quantitative estimate of drug-likeness (QED) is 0.852. The number of piperidine rings is 1. The average molecular weight is 374 g/mol. The fraction of sp³-hybridized carbons (Fsp3) is 0.682. The first kappa shape index (κ1) is 20.3. The molecule has 5 heteroatoms. The van der Waals surface area contributed by atoms with Crippen molar-refractivity contribution in [2.75, 3.05) is 32.1 Å². The zero-order valence-electron chi connectivity index (χ0n) is 17.3. The van der Waals surface area contributed by atoms with Gasteiger partial charge in [-0.25, -0.2) is 0 Å². The molecule has 1 aromatic carbocycles. The molecule has 0 aromatic heterocycles. The van der Waals surface area contributed by atoms with E-state index in [0.717, 1.165) is 68.4 Å². The van der Waals surface area contributed by atoms with E-state index in [1.54, 1.807) is 0 Å². The van der Waals surface area contributed by atoms with Gasteiger partial charge >= 0.3 is 0 Å². The Morgan fingerprint density at radius 3 is 2.26 bits per heavy atom. The first-order valence-corrected chi connectivity index (χ1v) is 10.3. The summed E-state index contributed by atoms with van der Waals surface area (Å²) in [7, 11) is 4.03. The lowest BCUT2D eigenvalue weighted by atomic mass is 9.82. The first-order chi connectivity index (χ1) is 12.9. The van der Waals surface area contributed by atoms with E-state index in [-0.39, 0.29) is 11.9 Å². The highest BCUT2D eigenvalue weighted by molar-refractivity contribution is 6.02. The van der Waals surface area contributed by atoms with Crippen molar-refractivity contribution in [3.63, 3.8) is 0 Å². The van der Waals surface area contributed by atoms with Gasteiger partial charge in [-0.15, -0.1) is 0 Å². The van der Waals surface area contributed by atoms with E-state index < -0.39 is 11.6 Å². The molecule has 5 nitrogen and oxygen atoms in total. The number of likely N-dealkylation sites (N-methyl/N-ethyl adjacent to an activating group) is 1. The highest BCUT2D eigenvalue weighted by Crippen LogP contribution is 2.37. The summed E-state index contributed by atoms with van der Waals surface area (Å²) < 4.78 is 0. The number of carbonyl (C=O) groups excluding carboxylic acids is 1. The number of aryl methyl sites for hydroxylation is 2. The molecular formula is C22H35N3O2. The molecule has 2 N–H and O–H groups in total. The summed E-state index contributed by atoms with van der Waals surface area (Å²) in [4.78, 5) is 18.2. The van der Waals surface area contributed by atoms with E-state index in [1.165, 1.54) is 0 Å². The van der Waals surface area contributed by atoms with Crippen LogP contribution < -0.4 is 10.2 Å². The van der Waals surface area contributed by atoms with Gasteiger partial charge in [0, 0.05) is 5.69 Å². The summed E-state index contributed by atoms with van der Waals surface area (Å²) in [5.74, 6) is 0.150. The number of hydrogen-bond donors (Lipinski definition) is 2. The highest BCUT2D eigenvalue weighted by atomic mass is 16.3. The number of aliphatic hydroxyl groups excluding tert-OH is 1. The van der Waals surface area contributed by atoms with Crippen LogP contribution in [0.5, 0.6) is 0 Å². The number of rotatable bonds is 4. The fourth-order valence-electron chi connectivity index (χ4n) is 4.91. The van der Waals surface area contributed by atoms with Crippen molar-refractivity contribution in [1.29, 1.82) is 0 Å². The molecule has 27 heavy (non-hydrogen) atoms. The van der Waals surface area contributed by atoms with Crippen molar-refractivity contribution in [3.8, 4) is 0 Å². The van der Waals surface area contributed by atoms with Crippen molar-refractivity contribution in [2.45, 2.75) is 70.1 Å². The third-order valence-corrected chi connectivity index (χ3v) is 6.61. The Hall–Kier alpha value is -1.43. The Bertz CT molecular complexity index is 647. The third-order valence-electron chi connectivity index (χ3n) is 6.61. The molecule has 2 unspecified atom stereocenters. The van der Waals surface area contributed by atoms with Crippen LogP contribution in [-0.4, -0.2) is 60.8 Å². The van der Waals surface area contributed by atoms with E-state index in [4.69, 9.17) is 0 Å². The van der Waals surface area contributed by atoms with Crippen molar-refractivity contribution in [1.82, 2.24) is 10.2 Å². The van der Waals surface area contributed by atoms with Crippen LogP contribution in [0.3, 0.4) is 0 Å². The van der Waals surface area contributed by atoms with Crippen LogP contribution >= 0.6 is 0 Å². The maximum absolute atomic E-state index is 14.2. The summed E-state index contributed by atoms with van der Waals surface area (Å²) >= 11 is 0. The van der Waals surface area contributed by atoms with Gasteiger partial charge in [0.05, 0.1) is 12.1 Å². The molecule has 2 aliphatic rings. The van der Waals surface area contributed by atoms with Gasteiger partial charge in [-0.05, 0) is 77.8 Å². The van der Waals surface area contributed by atoms with Gasteiger partial charge in [-0.2, -0.15) is 0 Å². The molecule has 2 fully saturated rings. The molecule has 0 bridgehead atoms. The van der Waals surface area contributed by atoms with E-state index >= 15 is 0 Å². The highest BCUT2D eigenvalue weighted by Gasteiger charge is 2.47. The standard InChI is InChI=1S/C22H35N3O2/c1-16-8-7-9-17(2)20(16)25(18-10-5-6-11-19(18)26)21(27)22(24(3)4)12-14-23-15-13-22/h7-9,18-19,23,26H,5-6,10-15H2,1-4H3. The van der Waals surface area contributed by atoms with E-state index in [1.807, 2.05) is 25.1 Å². The Kier molecular flexibility index (Phi) is 6.24. The Balaban J connectivity index is 2.10. The summed E-state index contributed by atoms with van der Waals surface area (Å²) in [6, 6.07) is 6.05. The summed E-state index contributed by atoms with van der Waals surface area (Å²) in [6.07, 6.45) is 4.87. The molecule has 2 atom stereocenters. The normalized spacial score (nSPS) is 25.4. The molecule has 150 valence electrons. The van der Waals surface area contributed by atoms with Crippen LogP contribution in [0.4, 0.5) is 5.69 Å². The maximum Gasteiger partial charge on any atom is 0.247 e. The van der Waals surface area contributed by atoms with E-state index in [0.29, 0.717) is 0 Å². The Morgan fingerprint density at radius 2 is 1.70 bits per heavy atom. The number of aliphatic hydroxyl groups is 1. The second kappa shape index (κ2) is 8.29. The number of benzene rings is 1. The largest absolute Gasteiger partial charge is 0.391 e. The third kappa shape index (κ3) is 3.78. The molecule has 3 rings (SSSR count). The lowest BCUT2D eigenvalue weighted by Gasteiger charge is -2.48. The molecule has 0 spiro atoms. The molecule has 1 saturated heterocycles. The topological polar surface area (TPSA) is 55.8 Å². The molecule has 1 aliphatic heterocycles. The lowest BCUT2D eigenvalue weighted by molar-refractivity contribution is -0.132. The van der Waals surface area contributed by atoms with Crippen molar-refractivity contribution in [2.24, 2.45) is 0 Å². The van der Waals surface area contributed by atoms with Crippen LogP contribution in [0, 0.1) is 13.8 Å². The molecule has 1 aliphatic carbocycles. The van der Waals surface area contributed by atoms with Crippen LogP contribution in [0.25, 0.3) is 0 Å². The van der Waals surface area contributed by atoms with Gasteiger partial charge in [-0.3, -0.25) is 9.69 Å². The van der Waals surface area contributed by atoms with Crippen molar-refractivity contribution >= 4 is 11.6 Å². The van der Waals surface area contributed by atoms with Crippen LogP contribution in [-0.2, 0) is 4.79 Å². The van der Waals surface area contributed by atoms with E-state index in [9.17, 15) is 9.90 Å². The lowest BCUT2D eigenvalue weighted by Crippen LogP contribution is -2.64. The number of amides is 1. The van der Waals surface area contributed by atoms with Gasteiger partial charge in [0.25, 0.3) is 0 Å². The van der Waals surface area contributed by atoms with Gasteiger partial charge in [-0.1, -0.05) is 31.0 Å². The minimum Gasteiger partial charge on any atom is -0.391 e. The van der Waals surface area contributed by atoms with Gasteiger partial charge < -0.3 is 15.3 Å². The summed E-state index contributed by atoms with van der Waals surface area (Å²) in [5, 5.41) is 14.2. The number of anilines is 1. The molecule has 1 amide bonds. The summed E-state index contributed by atoms with van der Waals surface area (Å²) in [6.45, 7) is 5.83. The van der Waals surface area contributed by atoms with Gasteiger partial charge in [0.2, 0.25) is 5.91 Å². The number of hydrogen-bond acceptors (Lipinski definition) is 4. The summed E-state index contributed by atoms with van der Waals surface area (Å²) in [5.41, 5.74) is 2.68. The minimum absolute atomic E-state index is 0.141. The fourth-order valence-corrected chi connectivity index (χ4v) is 4.91. The Morgan fingerprint density at radius 1 is 1.11 bits per heavy atom. The monoisotopic (exact) mass is 373 g/mol. The zero-order valence-corrected chi connectivity index (χ0v) is 17.3. The minimum atomic E-state index is -0.517. The predicted octanol–water partition coefficient (Wildman–Crippen LogP) is 2.62. The van der Waals surface area contributed by atoms with Crippen LogP contribution in [0.15, 0.2) is 18.2 Å². The van der Waals surface area contributed by atoms with Crippen LogP contribution in [0.2, 0.25) is 0 Å². The number of nitrogens with zero attached hydrogens (tertiary/aromatic N) is 2. The van der Waals surface area contributed by atoms with E-state index in [2.05, 4.69) is 36.2 Å². The number of carbonyl (C=O) groups is 1.